The molecule has 0 amide bonds. The van der Waals surface area contributed by atoms with Gasteiger partial charge in [-0.1, -0.05) is 19.9 Å². The van der Waals surface area contributed by atoms with Crippen LogP contribution < -0.4 is 16.6 Å². The van der Waals surface area contributed by atoms with Crippen molar-refractivity contribution in [2.24, 2.45) is 5.84 Å². The van der Waals surface area contributed by atoms with Crippen LogP contribution in [0, 0.1) is 12.7 Å². The standard InChI is InChI=1S/C14H18FN5/c1-8(2)14-18-12(7-13(19-14)20-16)17-10-5-4-9(3)11(15)6-10/h4-8H,16H2,1-3H3,(H2,17,18,19,20). The van der Waals surface area contributed by atoms with Gasteiger partial charge in [0, 0.05) is 17.7 Å². The molecule has 20 heavy (non-hydrogen) atoms. The fourth-order valence-corrected chi connectivity index (χ4v) is 1.68. The van der Waals surface area contributed by atoms with Crippen LogP contribution in [0.15, 0.2) is 24.3 Å². The fraction of sp³-hybridized carbons (Fsp3) is 0.286. The van der Waals surface area contributed by atoms with Crippen molar-refractivity contribution in [2.45, 2.75) is 26.7 Å². The number of hydrogen-bond donors (Lipinski definition) is 3. The van der Waals surface area contributed by atoms with Crippen LogP contribution >= 0.6 is 0 Å². The van der Waals surface area contributed by atoms with Crippen molar-refractivity contribution >= 4 is 17.3 Å². The first-order valence-electron chi connectivity index (χ1n) is 6.38. The van der Waals surface area contributed by atoms with Gasteiger partial charge < -0.3 is 10.7 Å². The molecule has 0 fully saturated rings. The van der Waals surface area contributed by atoms with E-state index in [1.165, 1.54) is 6.07 Å². The molecule has 0 unspecified atom stereocenters. The number of nitrogens with one attached hydrogen (secondary N) is 2. The molecule has 0 aliphatic carbocycles. The van der Waals surface area contributed by atoms with E-state index in [0.29, 0.717) is 28.7 Å². The first-order chi connectivity index (χ1) is 9.49. The average Bonchev–Trinajstić information content (AvgIpc) is 2.42. The molecule has 0 atom stereocenters. The third-order valence-corrected chi connectivity index (χ3v) is 2.85. The molecular weight excluding hydrogens is 257 g/mol. The Bertz CT molecular complexity index is 613. The molecule has 0 aliphatic rings. The van der Waals surface area contributed by atoms with Crippen molar-refractivity contribution in [3.05, 3.63) is 41.5 Å². The van der Waals surface area contributed by atoms with E-state index in [1.807, 2.05) is 13.8 Å². The van der Waals surface area contributed by atoms with Crippen molar-refractivity contribution in [1.29, 1.82) is 0 Å². The number of aromatic nitrogens is 2. The summed E-state index contributed by atoms with van der Waals surface area (Å²) in [5.74, 6) is 7.05. The summed E-state index contributed by atoms with van der Waals surface area (Å²) < 4.78 is 13.5. The zero-order valence-corrected chi connectivity index (χ0v) is 11.7. The third kappa shape index (κ3) is 3.21. The molecule has 4 N–H and O–H groups in total. The van der Waals surface area contributed by atoms with Crippen molar-refractivity contribution in [3.8, 4) is 0 Å². The van der Waals surface area contributed by atoms with Crippen LogP contribution in [0.3, 0.4) is 0 Å². The Morgan fingerprint density at radius 1 is 1.15 bits per heavy atom. The predicted molar refractivity (Wildman–Crippen MR) is 78.4 cm³/mol. The Balaban J connectivity index is 2.32. The molecule has 5 nitrogen and oxygen atoms in total. The topological polar surface area (TPSA) is 75.9 Å². The first kappa shape index (κ1) is 14.2. The first-order valence-corrected chi connectivity index (χ1v) is 6.38. The van der Waals surface area contributed by atoms with Crippen LogP contribution in [-0.4, -0.2) is 9.97 Å². The van der Waals surface area contributed by atoms with E-state index in [1.54, 1.807) is 25.1 Å². The Hall–Kier alpha value is -2.21. The maximum Gasteiger partial charge on any atom is 0.145 e. The average molecular weight is 275 g/mol. The lowest BCUT2D eigenvalue weighted by atomic mass is 10.2. The molecule has 1 aromatic heterocycles. The van der Waals surface area contributed by atoms with Gasteiger partial charge in [-0.25, -0.2) is 20.2 Å². The van der Waals surface area contributed by atoms with Gasteiger partial charge in [-0.05, 0) is 24.6 Å². The summed E-state index contributed by atoms with van der Waals surface area (Å²) >= 11 is 0. The number of benzene rings is 1. The molecule has 0 spiro atoms. The summed E-state index contributed by atoms with van der Waals surface area (Å²) in [6, 6.07) is 6.61. The lowest BCUT2D eigenvalue weighted by Crippen LogP contribution is -2.12. The quantitative estimate of drug-likeness (QED) is 0.590. The van der Waals surface area contributed by atoms with Crippen molar-refractivity contribution in [2.75, 3.05) is 10.7 Å². The number of nitrogen functional groups attached to an aromatic ring is 1. The summed E-state index contributed by atoms with van der Waals surface area (Å²) in [6.45, 7) is 5.70. The van der Waals surface area contributed by atoms with Crippen LogP contribution in [0.4, 0.5) is 21.7 Å². The summed E-state index contributed by atoms with van der Waals surface area (Å²) in [6.07, 6.45) is 0. The molecule has 0 saturated heterocycles. The molecule has 1 heterocycles. The summed E-state index contributed by atoms with van der Waals surface area (Å²) in [5.41, 5.74) is 3.74. The minimum absolute atomic E-state index is 0.165. The highest BCUT2D eigenvalue weighted by molar-refractivity contribution is 5.59. The molecule has 0 radical (unpaired) electrons. The van der Waals surface area contributed by atoms with Crippen LogP contribution in [0.25, 0.3) is 0 Å². The summed E-state index contributed by atoms with van der Waals surface area (Å²) in [5, 5.41) is 3.06. The van der Waals surface area contributed by atoms with Crippen LogP contribution in [-0.2, 0) is 0 Å². The van der Waals surface area contributed by atoms with E-state index in [2.05, 4.69) is 20.7 Å². The SMILES string of the molecule is Cc1ccc(Nc2cc(NN)nc(C(C)C)n2)cc1F. The summed E-state index contributed by atoms with van der Waals surface area (Å²) in [4.78, 5) is 8.65. The van der Waals surface area contributed by atoms with Crippen LogP contribution in [0.5, 0.6) is 0 Å². The van der Waals surface area contributed by atoms with Crippen molar-refractivity contribution in [1.82, 2.24) is 9.97 Å². The van der Waals surface area contributed by atoms with Gasteiger partial charge in [0.25, 0.3) is 0 Å². The van der Waals surface area contributed by atoms with Crippen molar-refractivity contribution < 1.29 is 4.39 Å². The van der Waals surface area contributed by atoms with E-state index in [9.17, 15) is 4.39 Å². The molecular formula is C14H18FN5. The Morgan fingerprint density at radius 2 is 1.85 bits per heavy atom. The van der Waals surface area contributed by atoms with Gasteiger partial charge >= 0.3 is 0 Å². The largest absolute Gasteiger partial charge is 0.340 e. The third-order valence-electron chi connectivity index (χ3n) is 2.85. The maximum atomic E-state index is 13.5. The second-order valence-corrected chi connectivity index (χ2v) is 4.88. The van der Waals surface area contributed by atoms with Gasteiger partial charge in [0.15, 0.2) is 0 Å². The number of rotatable bonds is 4. The lowest BCUT2D eigenvalue weighted by Gasteiger charge is -2.11. The number of hydrogen-bond acceptors (Lipinski definition) is 5. The zero-order valence-electron chi connectivity index (χ0n) is 11.7. The van der Waals surface area contributed by atoms with Crippen LogP contribution in [0.1, 0.15) is 31.2 Å². The second kappa shape index (κ2) is 5.83. The molecule has 2 rings (SSSR count). The van der Waals surface area contributed by atoms with Gasteiger partial charge in [0.05, 0.1) is 0 Å². The normalized spacial score (nSPS) is 10.7. The van der Waals surface area contributed by atoms with E-state index >= 15 is 0 Å². The number of hydrazine groups is 1. The van der Waals surface area contributed by atoms with Crippen molar-refractivity contribution in [3.63, 3.8) is 0 Å². The minimum Gasteiger partial charge on any atom is -0.340 e. The van der Waals surface area contributed by atoms with Gasteiger partial charge in [0.1, 0.15) is 23.3 Å². The number of aryl methyl sites for hydroxylation is 1. The lowest BCUT2D eigenvalue weighted by molar-refractivity contribution is 0.619. The van der Waals surface area contributed by atoms with Crippen LogP contribution in [0.2, 0.25) is 0 Å². The number of halogens is 1. The minimum atomic E-state index is -0.259. The Labute approximate surface area is 117 Å². The fourth-order valence-electron chi connectivity index (χ4n) is 1.68. The second-order valence-electron chi connectivity index (χ2n) is 4.88. The Morgan fingerprint density at radius 3 is 2.45 bits per heavy atom. The highest BCUT2D eigenvalue weighted by Crippen LogP contribution is 2.21. The van der Waals surface area contributed by atoms with Gasteiger partial charge in [-0.3, -0.25) is 0 Å². The van der Waals surface area contributed by atoms with Gasteiger partial charge in [-0.2, -0.15) is 0 Å². The molecule has 0 saturated carbocycles. The molecule has 1 aromatic carbocycles. The Kier molecular flexibility index (Phi) is 4.14. The van der Waals surface area contributed by atoms with E-state index in [-0.39, 0.29) is 11.7 Å². The predicted octanol–water partition coefficient (Wildman–Crippen LogP) is 3.08. The molecule has 2 aromatic rings. The number of nitrogens with zero attached hydrogens (tertiary/aromatic N) is 2. The molecule has 106 valence electrons. The monoisotopic (exact) mass is 275 g/mol. The maximum absolute atomic E-state index is 13.5. The number of anilines is 3. The molecule has 0 bridgehead atoms. The zero-order chi connectivity index (χ0) is 14.7. The highest BCUT2D eigenvalue weighted by atomic mass is 19.1. The van der Waals surface area contributed by atoms with E-state index < -0.39 is 0 Å². The van der Waals surface area contributed by atoms with Gasteiger partial charge in [0.2, 0.25) is 0 Å². The molecule has 6 heteroatoms. The number of nitrogens with two attached hydrogens (primary N) is 1. The highest BCUT2D eigenvalue weighted by Gasteiger charge is 2.08. The van der Waals surface area contributed by atoms with Gasteiger partial charge in [-0.15, -0.1) is 0 Å². The van der Waals surface area contributed by atoms with E-state index in [0.717, 1.165) is 0 Å². The summed E-state index contributed by atoms with van der Waals surface area (Å²) in [7, 11) is 0. The van der Waals surface area contributed by atoms with E-state index in [4.69, 9.17) is 5.84 Å². The molecule has 0 aliphatic heterocycles. The smallest absolute Gasteiger partial charge is 0.145 e.